The molecule has 0 amide bonds. The van der Waals surface area contributed by atoms with Crippen LogP contribution in [-0.2, 0) is 0 Å². The van der Waals surface area contributed by atoms with Gasteiger partial charge < -0.3 is 0 Å². The van der Waals surface area contributed by atoms with Crippen LogP contribution in [-0.4, -0.2) is 22.5 Å². The van der Waals surface area contributed by atoms with Crippen LogP contribution in [0.15, 0.2) is 0 Å². The van der Waals surface area contributed by atoms with Crippen molar-refractivity contribution in [3.05, 3.63) is 0 Å². The summed E-state index contributed by atoms with van der Waals surface area (Å²) < 4.78 is 1.46. The van der Waals surface area contributed by atoms with Crippen LogP contribution in [0.3, 0.4) is 0 Å². The first-order chi connectivity index (χ1) is 4.41. The monoisotopic (exact) mass is 233 g/mol. The fourth-order valence-corrected chi connectivity index (χ4v) is 1.62. The Hall–Kier alpha value is 0.799. The van der Waals surface area contributed by atoms with E-state index >= 15 is 0 Å². The van der Waals surface area contributed by atoms with E-state index in [1.165, 1.54) is 43.0 Å². The number of hydrogen-bond acceptors (Lipinski definition) is 0. The Bertz CT molecular complexity index is 37.8. The molecule has 0 bridgehead atoms. The van der Waals surface area contributed by atoms with Crippen molar-refractivity contribution in [1.82, 2.24) is 0 Å². The van der Waals surface area contributed by atoms with Gasteiger partial charge in [0.15, 0.2) is 0 Å². The number of rotatable bonds is 6. The van der Waals surface area contributed by atoms with Crippen LogP contribution in [0, 0.1) is 0 Å². The third-order valence-corrected chi connectivity index (χ3v) is 2.54. The van der Waals surface area contributed by atoms with Crippen LogP contribution in [0.1, 0.15) is 45.4 Å². The molecule has 0 saturated carbocycles. The van der Waals surface area contributed by atoms with Crippen LogP contribution in [0.2, 0.25) is 4.44 Å². The first kappa shape index (κ1) is 9.80. The van der Waals surface area contributed by atoms with Crippen molar-refractivity contribution in [1.29, 1.82) is 0 Å². The molecular weight excluding hydrogens is 215 g/mol. The Morgan fingerprint density at radius 1 is 0.889 bits per heavy atom. The Balaban J connectivity index is 2.60. The molecule has 0 nitrogen and oxygen atoms in total. The predicted molar refractivity (Wildman–Crippen MR) is 43.9 cm³/mol. The number of hydrogen-bond donors (Lipinski definition) is 0. The predicted octanol–water partition coefficient (Wildman–Crippen LogP) is 2.93. The van der Waals surface area contributed by atoms with Crippen molar-refractivity contribution >= 4 is 22.5 Å². The molecular formula is C8H17Sn+. The third kappa shape index (κ3) is 8.80. The molecule has 0 aliphatic carbocycles. The van der Waals surface area contributed by atoms with Gasteiger partial charge >= 0.3 is 72.4 Å². The van der Waals surface area contributed by atoms with Gasteiger partial charge in [0.1, 0.15) is 0 Å². The average Bonchev–Trinajstić information content (AvgIpc) is 1.89. The summed E-state index contributed by atoms with van der Waals surface area (Å²) in [6, 6.07) is 0. The third-order valence-electron chi connectivity index (χ3n) is 1.53. The van der Waals surface area contributed by atoms with Crippen molar-refractivity contribution in [3.63, 3.8) is 0 Å². The van der Waals surface area contributed by atoms with Gasteiger partial charge in [-0.2, -0.15) is 0 Å². The first-order valence-electron chi connectivity index (χ1n) is 4.06. The summed E-state index contributed by atoms with van der Waals surface area (Å²) in [5.41, 5.74) is 0. The topological polar surface area (TPSA) is 0 Å². The summed E-state index contributed by atoms with van der Waals surface area (Å²) in [6.07, 6.45) is 8.71. The molecule has 0 saturated heterocycles. The Kier molecular flexibility index (Phi) is 9.58. The second kappa shape index (κ2) is 8.80. The molecule has 52 valence electrons. The maximum atomic E-state index is 2.27. The van der Waals surface area contributed by atoms with Gasteiger partial charge in [0.25, 0.3) is 0 Å². The van der Waals surface area contributed by atoms with E-state index in [9.17, 15) is 0 Å². The van der Waals surface area contributed by atoms with Gasteiger partial charge in [0.2, 0.25) is 0 Å². The van der Waals surface area contributed by atoms with E-state index in [1.807, 2.05) is 0 Å². The SMILES string of the molecule is CCCCCCC[CH2][Sn+]. The zero-order valence-electron chi connectivity index (χ0n) is 6.45. The summed E-state index contributed by atoms with van der Waals surface area (Å²) in [7, 11) is 0. The molecule has 1 heteroatoms. The second-order valence-electron chi connectivity index (χ2n) is 2.52. The van der Waals surface area contributed by atoms with Gasteiger partial charge in [0.05, 0.1) is 0 Å². The van der Waals surface area contributed by atoms with E-state index in [-0.39, 0.29) is 0 Å². The van der Waals surface area contributed by atoms with Crippen molar-refractivity contribution in [2.24, 2.45) is 0 Å². The molecule has 0 N–H and O–H groups in total. The van der Waals surface area contributed by atoms with Crippen LogP contribution in [0.5, 0.6) is 0 Å². The Morgan fingerprint density at radius 3 is 2.00 bits per heavy atom. The van der Waals surface area contributed by atoms with Gasteiger partial charge in [-0.3, -0.25) is 0 Å². The summed E-state index contributed by atoms with van der Waals surface area (Å²) in [5, 5.41) is 0. The van der Waals surface area contributed by atoms with Crippen molar-refractivity contribution in [3.8, 4) is 0 Å². The first-order valence-corrected chi connectivity index (χ1v) is 6.08. The van der Waals surface area contributed by atoms with E-state index in [4.69, 9.17) is 0 Å². The quantitative estimate of drug-likeness (QED) is 0.487. The van der Waals surface area contributed by atoms with E-state index in [0.29, 0.717) is 0 Å². The van der Waals surface area contributed by atoms with E-state index < -0.39 is 0 Å². The van der Waals surface area contributed by atoms with Crippen LogP contribution >= 0.6 is 0 Å². The van der Waals surface area contributed by atoms with E-state index in [1.54, 1.807) is 22.5 Å². The Labute approximate surface area is 72.5 Å². The summed E-state index contributed by atoms with van der Waals surface area (Å²) in [6.45, 7) is 2.27. The molecule has 0 fully saturated rings. The molecule has 0 spiro atoms. The minimum atomic E-state index is 1.37. The number of unbranched alkanes of at least 4 members (excludes halogenated alkanes) is 5. The maximum absolute atomic E-state index is 2.27. The molecule has 0 aromatic heterocycles. The van der Waals surface area contributed by atoms with Crippen LogP contribution in [0.4, 0.5) is 0 Å². The normalized spacial score (nSPS) is 9.89. The summed E-state index contributed by atoms with van der Waals surface area (Å²) in [4.78, 5) is 0. The standard InChI is InChI=1S/C8H17.Sn/c1-3-5-7-8-6-4-2;/h1,3-8H2,2H3;/q;+1. The molecule has 9 heavy (non-hydrogen) atoms. The van der Waals surface area contributed by atoms with Gasteiger partial charge in [-0.15, -0.1) is 0 Å². The van der Waals surface area contributed by atoms with Crippen LogP contribution in [0.25, 0.3) is 0 Å². The summed E-state index contributed by atoms with van der Waals surface area (Å²) in [5.74, 6) is 0. The molecule has 0 aromatic carbocycles. The van der Waals surface area contributed by atoms with Gasteiger partial charge in [-0.05, 0) is 0 Å². The zero-order chi connectivity index (χ0) is 6.95. The molecule has 0 aliphatic heterocycles. The average molecular weight is 232 g/mol. The fourth-order valence-electron chi connectivity index (χ4n) is 0.905. The molecule has 2 radical (unpaired) electrons. The van der Waals surface area contributed by atoms with Crippen LogP contribution < -0.4 is 0 Å². The second-order valence-corrected chi connectivity index (χ2v) is 3.94. The van der Waals surface area contributed by atoms with Crippen molar-refractivity contribution in [2.75, 3.05) is 0 Å². The summed E-state index contributed by atoms with van der Waals surface area (Å²) >= 11 is 1.71. The molecule has 0 rings (SSSR count). The van der Waals surface area contributed by atoms with Crippen molar-refractivity contribution < 1.29 is 0 Å². The zero-order valence-corrected chi connectivity index (χ0v) is 9.30. The Morgan fingerprint density at radius 2 is 1.44 bits per heavy atom. The van der Waals surface area contributed by atoms with Crippen molar-refractivity contribution in [2.45, 2.75) is 49.9 Å². The molecule has 0 atom stereocenters. The minimum absolute atomic E-state index is 1.37. The molecule has 0 aliphatic rings. The van der Waals surface area contributed by atoms with Gasteiger partial charge in [0, 0.05) is 0 Å². The van der Waals surface area contributed by atoms with E-state index in [0.717, 1.165) is 0 Å². The molecule has 0 heterocycles. The van der Waals surface area contributed by atoms with Gasteiger partial charge in [-0.25, -0.2) is 0 Å². The molecule has 0 aromatic rings. The fraction of sp³-hybridized carbons (Fsp3) is 1.00. The van der Waals surface area contributed by atoms with Gasteiger partial charge in [-0.1, -0.05) is 0 Å². The van der Waals surface area contributed by atoms with E-state index in [2.05, 4.69) is 6.92 Å². The molecule has 0 unspecified atom stereocenters.